The molecule has 2 heterocycles. The Balaban J connectivity index is 1.46. The van der Waals surface area contributed by atoms with E-state index >= 15 is 0 Å². The highest BCUT2D eigenvalue weighted by atomic mass is 35.5. The fraction of sp³-hybridized carbons (Fsp3) is 0.304. The van der Waals surface area contributed by atoms with Gasteiger partial charge < -0.3 is 9.42 Å². The Labute approximate surface area is 175 Å². The molecule has 1 aromatic heterocycles. The van der Waals surface area contributed by atoms with Crippen LogP contribution in [0.4, 0.5) is 0 Å². The van der Waals surface area contributed by atoms with Crippen LogP contribution in [0, 0.1) is 13.8 Å². The predicted molar refractivity (Wildman–Crippen MR) is 114 cm³/mol. The Bertz CT molecular complexity index is 1010. The molecule has 6 heteroatoms. The van der Waals surface area contributed by atoms with E-state index in [2.05, 4.69) is 41.2 Å². The number of benzene rings is 2. The summed E-state index contributed by atoms with van der Waals surface area (Å²) in [4.78, 5) is 17.5. The van der Waals surface area contributed by atoms with Gasteiger partial charge in [-0.15, -0.1) is 0 Å². The van der Waals surface area contributed by atoms with E-state index in [1.807, 2.05) is 23.1 Å². The maximum absolute atomic E-state index is 13.3. The molecule has 0 atom stereocenters. The first-order chi connectivity index (χ1) is 14.0. The third-order valence-electron chi connectivity index (χ3n) is 5.39. The SMILES string of the molecule is Cc1ccc(CN2CCN(C(=O)c3c(-c4ccccc4Cl)noc3C)CC2)cc1. The van der Waals surface area contributed by atoms with Crippen molar-refractivity contribution in [1.82, 2.24) is 15.0 Å². The van der Waals surface area contributed by atoms with E-state index in [0.29, 0.717) is 40.7 Å². The fourth-order valence-corrected chi connectivity index (χ4v) is 3.91. The molecule has 1 aliphatic heterocycles. The van der Waals surface area contributed by atoms with Crippen molar-refractivity contribution in [2.45, 2.75) is 20.4 Å². The van der Waals surface area contributed by atoms with Gasteiger partial charge in [-0.1, -0.05) is 64.8 Å². The second-order valence-electron chi connectivity index (χ2n) is 7.50. The largest absolute Gasteiger partial charge is 0.360 e. The minimum absolute atomic E-state index is 0.0475. The first-order valence-electron chi connectivity index (χ1n) is 9.81. The summed E-state index contributed by atoms with van der Waals surface area (Å²) in [5.41, 5.74) is 4.30. The zero-order valence-corrected chi connectivity index (χ0v) is 17.4. The van der Waals surface area contributed by atoms with Crippen molar-refractivity contribution in [3.05, 3.63) is 76.0 Å². The van der Waals surface area contributed by atoms with Crippen LogP contribution in [0.15, 0.2) is 53.1 Å². The molecule has 0 N–H and O–H groups in total. The number of halogens is 1. The van der Waals surface area contributed by atoms with Crippen LogP contribution < -0.4 is 0 Å². The topological polar surface area (TPSA) is 49.6 Å². The number of amides is 1. The van der Waals surface area contributed by atoms with Crippen molar-refractivity contribution < 1.29 is 9.32 Å². The third-order valence-corrected chi connectivity index (χ3v) is 5.72. The third kappa shape index (κ3) is 4.21. The molecule has 29 heavy (non-hydrogen) atoms. The molecule has 0 saturated carbocycles. The first-order valence-corrected chi connectivity index (χ1v) is 10.2. The minimum Gasteiger partial charge on any atom is -0.360 e. The molecule has 0 spiro atoms. The molecule has 0 unspecified atom stereocenters. The van der Waals surface area contributed by atoms with Crippen LogP contribution in [-0.4, -0.2) is 47.0 Å². The molecule has 1 fully saturated rings. The Kier molecular flexibility index (Phi) is 5.69. The van der Waals surface area contributed by atoms with Gasteiger partial charge in [-0.3, -0.25) is 9.69 Å². The average Bonchev–Trinajstić information content (AvgIpc) is 3.11. The van der Waals surface area contributed by atoms with Crippen molar-refractivity contribution >= 4 is 17.5 Å². The second-order valence-corrected chi connectivity index (χ2v) is 7.90. The molecule has 5 nitrogen and oxygen atoms in total. The summed E-state index contributed by atoms with van der Waals surface area (Å²) in [6.07, 6.45) is 0. The summed E-state index contributed by atoms with van der Waals surface area (Å²) in [5, 5.41) is 4.68. The van der Waals surface area contributed by atoms with E-state index in [-0.39, 0.29) is 5.91 Å². The smallest absolute Gasteiger partial charge is 0.259 e. The lowest BCUT2D eigenvalue weighted by Gasteiger charge is -2.34. The van der Waals surface area contributed by atoms with Crippen LogP contribution in [0.3, 0.4) is 0 Å². The van der Waals surface area contributed by atoms with E-state index in [4.69, 9.17) is 16.1 Å². The standard InChI is InChI=1S/C23H24ClN3O2/c1-16-7-9-18(10-8-16)15-26-11-13-27(14-12-26)23(28)21-17(2)29-25-22(21)19-5-3-4-6-20(19)24/h3-10H,11-15H2,1-2H3. The highest BCUT2D eigenvalue weighted by Gasteiger charge is 2.29. The van der Waals surface area contributed by atoms with Crippen LogP contribution in [0.25, 0.3) is 11.3 Å². The van der Waals surface area contributed by atoms with Crippen LogP contribution in [0.5, 0.6) is 0 Å². The summed E-state index contributed by atoms with van der Waals surface area (Å²) in [6, 6.07) is 16.0. The summed E-state index contributed by atoms with van der Waals surface area (Å²) < 4.78 is 5.36. The summed E-state index contributed by atoms with van der Waals surface area (Å²) in [7, 11) is 0. The van der Waals surface area contributed by atoms with Gasteiger partial charge in [0.2, 0.25) is 0 Å². The quantitative estimate of drug-likeness (QED) is 0.633. The molecule has 0 aliphatic carbocycles. The van der Waals surface area contributed by atoms with E-state index in [0.717, 1.165) is 19.6 Å². The van der Waals surface area contributed by atoms with Crippen molar-refractivity contribution in [2.24, 2.45) is 0 Å². The van der Waals surface area contributed by atoms with Crippen LogP contribution >= 0.6 is 11.6 Å². The van der Waals surface area contributed by atoms with E-state index in [1.165, 1.54) is 11.1 Å². The van der Waals surface area contributed by atoms with Crippen LogP contribution in [0.1, 0.15) is 27.2 Å². The van der Waals surface area contributed by atoms with Crippen molar-refractivity contribution in [1.29, 1.82) is 0 Å². The fourth-order valence-electron chi connectivity index (χ4n) is 3.68. The molecular weight excluding hydrogens is 386 g/mol. The number of hydrogen-bond acceptors (Lipinski definition) is 4. The van der Waals surface area contributed by atoms with E-state index < -0.39 is 0 Å². The van der Waals surface area contributed by atoms with Gasteiger partial charge in [0.25, 0.3) is 5.91 Å². The first kappa shape index (κ1) is 19.7. The number of aryl methyl sites for hydroxylation is 2. The number of nitrogens with zero attached hydrogens (tertiary/aromatic N) is 3. The number of rotatable bonds is 4. The number of carbonyl (C=O) groups is 1. The molecule has 1 saturated heterocycles. The molecule has 3 aromatic rings. The lowest BCUT2D eigenvalue weighted by Crippen LogP contribution is -2.48. The molecule has 0 radical (unpaired) electrons. The number of aromatic nitrogens is 1. The van der Waals surface area contributed by atoms with Gasteiger partial charge in [0, 0.05) is 38.3 Å². The lowest BCUT2D eigenvalue weighted by molar-refractivity contribution is 0.0627. The Morgan fingerprint density at radius 1 is 1.03 bits per heavy atom. The van der Waals surface area contributed by atoms with Gasteiger partial charge >= 0.3 is 0 Å². The number of piperazine rings is 1. The van der Waals surface area contributed by atoms with Crippen molar-refractivity contribution in [3.8, 4) is 11.3 Å². The average molecular weight is 410 g/mol. The Hall–Kier alpha value is -2.63. The van der Waals surface area contributed by atoms with Crippen molar-refractivity contribution in [3.63, 3.8) is 0 Å². The minimum atomic E-state index is -0.0475. The van der Waals surface area contributed by atoms with Crippen LogP contribution in [-0.2, 0) is 6.54 Å². The van der Waals surface area contributed by atoms with Gasteiger partial charge in [0.15, 0.2) is 0 Å². The van der Waals surface area contributed by atoms with Gasteiger partial charge in [-0.05, 0) is 25.5 Å². The Morgan fingerprint density at radius 2 is 1.72 bits per heavy atom. The highest BCUT2D eigenvalue weighted by Crippen LogP contribution is 2.32. The van der Waals surface area contributed by atoms with Gasteiger partial charge in [0.1, 0.15) is 17.0 Å². The lowest BCUT2D eigenvalue weighted by atomic mass is 10.0. The maximum atomic E-state index is 13.3. The monoisotopic (exact) mass is 409 g/mol. The van der Waals surface area contributed by atoms with Gasteiger partial charge in [-0.2, -0.15) is 0 Å². The van der Waals surface area contributed by atoms with E-state index in [1.54, 1.807) is 13.0 Å². The van der Waals surface area contributed by atoms with E-state index in [9.17, 15) is 4.79 Å². The molecule has 2 aromatic carbocycles. The Morgan fingerprint density at radius 3 is 2.41 bits per heavy atom. The molecule has 1 amide bonds. The molecule has 1 aliphatic rings. The normalized spacial score (nSPS) is 14.9. The molecule has 4 rings (SSSR count). The molecular formula is C23H24ClN3O2. The van der Waals surface area contributed by atoms with Gasteiger partial charge in [0.05, 0.1) is 5.02 Å². The number of carbonyl (C=O) groups excluding carboxylic acids is 1. The van der Waals surface area contributed by atoms with Crippen molar-refractivity contribution in [2.75, 3.05) is 26.2 Å². The summed E-state index contributed by atoms with van der Waals surface area (Å²) >= 11 is 6.32. The zero-order chi connectivity index (χ0) is 20.4. The molecule has 150 valence electrons. The zero-order valence-electron chi connectivity index (χ0n) is 16.7. The predicted octanol–water partition coefficient (Wildman–Crippen LogP) is 4.57. The summed E-state index contributed by atoms with van der Waals surface area (Å²) in [5.74, 6) is 0.473. The van der Waals surface area contributed by atoms with Gasteiger partial charge in [-0.25, -0.2) is 0 Å². The second kappa shape index (κ2) is 8.39. The summed E-state index contributed by atoms with van der Waals surface area (Å²) in [6.45, 7) is 7.80. The highest BCUT2D eigenvalue weighted by molar-refractivity contribution is 6.33. The molecule has 0 bridgehead atoms. The number of hydrogen-bond donors (Lipinski definition) is 0. The maximum Gasteiger partial charge on any atom is 0.259 e. The van der Waals surface area contributed by atoms with Crippen LogP contribution in [0.2, 0.25) is 5.02 Å².